The Kier molecular flexibility index (Phi) is 5.09. The van der Waals surface area contributed by atoms with Gasteiger partial charge in [-0.2, -0.15) is 5.26 Å². The maximum Gasteiger partial charge on any atom is 0.120 e. The summed E-state index contributed by atoms with van der Waals surface area (Å²) in [7, 11) is 1.66. The van der Waals surface area contributed by atoms with Gasteiger partial charge in [0, 0.05) is 11.8 Å². The van der Waals surface area contributed by atoms with Crippen LogP contribution in [0.5, 0.6) is 5.75 Å². The standard InChI is InChI=1S/C16H22N2O/c1-19-16-9-5-8-14(11-16)18-15(12-17)10-13-6-3-2-4-7-13/h5,8-9,11,13,15,18H,2-4,6-7,10H2,1H3. The third-order valence-electron chi connectivity index (χ3n) is 3.86. The number of rotatable bonds is 5. The van der Waals surface area contributed by atoms with Crippen molar-refractivity contribution in [2.24, 2.45) is 5.92 Å². The van der Waals surface area contributed by atoms with Gasteiger partial charge in [-0.3, -0.25) is 0 Å². The van der Waals surface area contributed by atoms with E-state index in [0.29, 0.717) is 5.92 Å². The second-order valence-electron chi connectivity index (χ2n) is 5.30. The molecule has 0 amide bonds. The molecule has 0 saturated heterocycles. The zero-order valence-electron chi connectivity index (χ0n) is 11.6. The average molecular weight is 258 g/mol. The summed E-state index contributed by atoms with van der Waals surface area (Å²) >= 11 is 0. The number of ether oxygens (including phenoxy) is 1. The first-order valence-corrected chi connectivity index (χ1v) is 7.12. The Morgan fingerprint density at radius 3 is 2.84 bits per heavy atom. The van der Waals surface area contributed by atoms with Gasteiger partial charge in [-0.05, 0) is 24.5 Å². The predicted octanol–water partition coefficient (Wildman–Crippen LogP) is 3.97. The van der Waals surface area contributed by atoms with Gasteiger partial charge in [-0.1, -0.05) is 38.2 Å². The fourth-order valence-corrected chi connectivity index (χ4v) is 2.81. The smallest absolute Gasteiger partial charge is 0.120 e. The van der Waals surface area contributed by atoms with Crippen molar-refractivity contribution >= 4 is 5.69 Å². The van der Waals surface area contributed by atoms with Crippen LogP contribution in [-0.2, 0) is 0 Å². The van der Waals surface area contributed by atoms with Crippen LogP contribution in [0.1, 0.15) is 38.5 Å². The predicted molar refractivity (Wildman–Crippen MR) is 77.2 cm³/mol. The largest absolute Gasteiger partial charge is 0.497 e. The Morgan fingerprint density at radius 2 is 2.16 bits per heavy atom. The van der Waals surface area contributed by atoms with Crippen molar-refractivity contribution in [3.8, 4) is 11.8 Å². The first-order chi connectivity index (χ1) is 9.31. The van der Waals surface area contributed by atoms with E-state index < -0.39 is 0 Å². The molecule has 1 N–H and O–H groups in total. The molecule has 1 aliphatic carbocycles. The third kappa shape index (κ3) is 4.17. The van der Waals surface area contributed by atoms with Crippen LogP contribution in [0.2, 0.25) is 0 Å². The summed E-state index contributed by atoms with van der Waals surface area (Å²) in [5.74, 6) is 1.52. The maximum absolute atomic E-state index is 9.30. The Balaban J connectivity index is 1.92. The van der Waals surface area contributed by atoms with E-state index in [2.05, 4.69) is 11.4 Å². The Morgan fingerprint density at radius 1 is 1.37 bits per heavy atom. The fourth-order valence-electron chi connectivity index (χ4n) is 2.81. The minimum atomic E-state index is -0.102. The molecule has 3 nitrogen and oxygen atoms in total. The monoisotopic (exact) mass is 258 g/mol. The van der Waals surface area contributed by atoms with E-state index in [1.807, 2.05) is 24.3 Å². The summed E-state index contributed by atoms with van der Waals surface area (Å²) in [5, 5.41) is 12.6. The molecule has 1 unspecified atom stereocenters. The van der Waals surface area contributed by atoms with Crippen molar-refractivity contribution in [3.63, 3.8) is 0 Å². The number of hydrogen-bond acceptors (Lipinski definition) is 3. The van der Waals surface area contributed by atoms with Crippen molar-refractivity contribution in [3.05, 3.63) is 24.3 Å². The number of benzene rings is 1. The number of nitriles is 1. The number of nitrogens with one attached hydrogen (secondary N) is 1. The SMILES string of the molecule is COc1cccc(NC(C#N)CC2CCCCC2)c1. The van der Waals surface area contributed by atoms with Crippen LogP contribution in [0, 0.1) is 17.2 Å². The van der Waals surface area contributed by atoms with E-state index in [1.165, 1.54) is 32.1 Å². The minimum absolute atomic E-state index is 0.102. The second kappa shape index (κ2) is 7.04. The number of methoxy groups -OCH3 is 1. The maximum atomic E-state index is 9.30. The third-order valence-corrected chi connectivity index (χ3v) is 3.86. The molecule has 0 bridgehead atoms. The van der Waals surface area contributed by atoms with Crippen LogP contribution < -0.4 is 10.1 Å². The summed E-state index contributed by atoms with van der Waals surface area (Å²) in [6.07, 6.45) is 7.50. The molecule has 0 radical (unpaired) electrons. The normalized spacial score (nSPS) is 17.5. The molecule has 1 aliphatic rings. The van der Waals surface area contributed by atoms with Crippen LogP contribution in [0.15, 0.2) is 24.3 Å². The molecule has 0 heterocycles. The van der Waals surface area contributed by atoms with E-state index >= 15 is 0 Å². The van der Waals surface area contributed by atoms with Crippen molar-refractivity contribution < 1.29 is 4.74 Å². The number of anilines is 1. The minimum Gasteiger partial charge on any atom is -0.497 e. The molecule has 3 heteroatoms. The summed E-state index contributed by atoms with van der Waals surface area (Å²) in [6, 6.07) is 10.0. The number of nitrogens with zero attached hydrogens (tertiary/aromatic N) is 1. The van der Waals surface area contributed by atoms with Gasteiger partial charge in [-0.25, -0.2) is 0 Å². The van der Waals surface area contributed by atoms with Gasteiger partial charge in [-0.15, -0.1) is 0 Å². The molecule has 0 aliphatic heterocycles. The van der Waals surface area contributed by atoms with Gasteiger partial charge < -0.3 is 10.1 Å². The molecular weight excluding hydrogens is 236 g/mol. The quantitative estimate of drug-likeness (QED) is 0.869. The van der Waals surface area contributed by atoms with Crippen LogP contribution in [0.3, 0.4) is 0 Å². The Hall–Kier alpha value is -1.69. The van der Waals surface area contributed by atoms with Gasteiger partial charge in [0.2, 0.25) is 0 Å². The summed E-state index contributed by atoms with van der Waals surface area (Å²) in [5.41, 5.74) is 0.960. The van der Waals surface area contributed by atoms with Crippen LogP contribution >= 0.6 is 0 Å². The zero-order valence-corrected chi connectivity index (χ0v) is 11.6. The molecule has 1 aromatic rings. The summed E-state index contributed by atoms with van der Waals surface area (Å²) < 4.78 is 5.20. The topological polar surface area (TPSA) is 45.0 Å². The van der Waals surface area contributed by atoms with Crippen molar-refractivity contribution in [2.75, 3.05) is 12.4 Å². The van der Waals surface area contributed by atoms with Gasteiger partial charge in [0.1, 0.15) is 11.8 Å². The highest BCUT2D eigenvalue weighted by molar-refractivity contribution is 5.49. The lowest BCUT2D eigenvalue weighted by atomic mass is 9.85. The van der Waals surface area contributed by atoms with Crippen molar-refractivity contribution in [2.45, 2.75) is 44.6 Å². The first kappa shape index (κ1) is 13.7. The Bertz CT molecular complexity index is 433. The van der Waals surface area contributed by atoms with Gasteiger partial charge in [0.15, 0.2) is 0 Å². The van der Waals surface area contributed by atoms with Gasteiger partial charge in [0.25, 0.3) is 0 Å². The van der Waals surface area contributed by atoms with Crippen LogP contribution in [0.4, 0.5) is 5.69 Å². The lowest BCUT2D eigenvalue weighted by Gasteiger charge is -2.24. The average Bonchev–Trinajstić information content (AvgIpc) is 2.48. The van der Waals surface area contributed by atoms with Gasteiger partial charge >= 0.3 is 0 Å². The van der Waals surface area contributed by atoms with Gasteiger partial charge in [0.05, 0.1) is 13.2 Å². The van der Waals surface area contributed by atoms with Crippen LogP contribution in [-0.4, -0.2) is 13.2 Å². The van der Waals surface area contributed by atoms with Crippen molar-refractivity contribution in [1.82, 2.24) is 0 Å². The van der Waals surface area contributed by atoms with E-state index in [0.717, 1.165) is 17.9 Å². The van der Waals surface area contributed by atoms with Crippen LogP contribution in [0.25, 0.3) is 0 Å². The molecule has 2 rings (SSSR count). The second-order valence-corrected chi connectivity index (χ2v) is 5.30. The highest BCUT2D eigenvalue weighted by Crippen LogP contribution is 2.28. The molecule has 102 valence electrons. The lowest BCUT2D eigenvalue weighted by molar-refractivity contribution is 0.335. The highest BCUT2D eigenvalue weighted by Gasteiger charge is 2.18. The highest BCUT2D eigenvalue weighted by atomic mass is 16.5. The lowest BCUT2D eigenvalue weighted by Crippen LogP contribution is -2.22. The van der Waals surface area contributed by atoms with E-state index in [1.54, 1.807) is 7.11 Å². The van der Waals surface area contributed by atoms with E-state index in [9.17, 15) is 5.26 Å². The van der Waals surface area contributed by atoms with E-state index in [-0.39, 0.29) is 6.04 Å². The zero-order chi connectivity index (χ0) is 13.5. The molecule has 1 fully saturated rings. The molecule has 1 atom stereocenters. The molecule has 19 heavy (non-hydrogen) atoms. The molecule has 1 aromatic carbocycles. The summed E-state index contributed by atoms with van der Waals surface area (Å²) in [4.78, 5) is 0. The molecule has 0 aromatic heterocycles. The molecular formula is C16H22N2O. The first-order valence-electron chi connectivity index (χ1n) is 7.12. The summed E-state index contributed by atoms with van der Waals surface area (Å²) in [6.45, 7) is 0. The van der Waals surface area contributed by atoms with Crippen molar-refractivity contribution in [1.29, 1.82) is 5.26 Å². The number of hydrogen-bond donors (Lipinski definition) is 1. The molecule has 0 spiro atoms. The fraction of sp³-hybridized carbons (Fsp3) is 0.562. The Labute approximate surface area is 115 Å². The molecule has 1 saturated carbocycles. The van der Waals surface area contributed by atoms with E-state index in [4.69, 9.17) is 4.74 Å².